The van der Waals surface area contributed by atoms with Crippen LogP contribution in [0.15, 0.2) is 36.9 Å². The number of hydrogen-bond donors (Lipinski definition) is 1. The SMILES string of the molecule is COc1ncc(C(=O)Nc2c(-c3cc(F)ccc3F)ncnc2C2CCC(F)(F)CO2)cn1. The number of aromatic nitrogens is 4. The van der Waals surface area contributed by atoms with Gasteiger partial charge in [-0.15, -0.1) is 0 Å². The molecule has 0 bridgehead atoms. The normalized spacial score (nSPS) is 17.4. The average molecular weight is 463 g/mol. The Hall–Kier alpha value is -3.67. The van der Waals surface area contributed by atoms with Crippen LogP contribution in [0, 0.1) is 11.6 Å². The van der Waals surface area contributed by atoms with Gasteiger partial charge in [0.2, 0.25) is 0 Å². The van der Waals surface area contributed by atoms with Crippen molar-refractivity contribution in [1.29, 1.82) is 0 Å². The molecule has 3 aromatic rings. The zero-order valence-electron chi connectivity index (χ0n) is 17.2. The van der Waals surface area contributed by atoms with Crippen LogP contribution in [-0.2, 0) is 4.74 Å². The maximum absolute atomic E-state index is 14.6. The van der Waals surface area contributed by atoms with Crippen molar-refractivity contribution in [1.82, 2.24) is 19.9 Å². The van der Waals surface area contributed by atoms with E-state index in [9.17, 15) is 22.4 Å². The maximum atomic E-state index is 14.6. The third kappa shape index (κ3) is 4.90. The van der Waals surface area contributed by atoms with Crippen molar-refractivity contribution in [3.05, 3.63) is 59.8 Å². The highest BCUT2D eigenvalue weighted by Gasteiger charge is 2.38. The Kier molecular flexibility index (Phi) is 6.18. The van der Waals surface area contributed by atoms with E-state index in [2.05, 4.69) is 25.3 Å². The Morgan fingerprint density at radius 2 is 1.94 bits per heavy atom. The Balaban J connectivity index is 1.77. The number of rotatable bonds is 5. The number of carbonyl (C=O) groups is 1. The lowest BCUT2D eigenvalue weighted by molar-refractivity contribution is -0.146. The lowest BCUT2D eigenvalue weighted by atomic mass is 10.00. The van der Waals surface area contributed by atoms with Crippen molar-refractivity contribution in [2.45, 2.75) is 24.9 Å². The van der Waals surface area contributed by atoms with E-state index in [0.717, 1.165) is 24.5 Å². The highest BCUT2D eigenvalue weighted by atomic mass is 19.3. The van der Waals surface area contributed by atoms with Gasteiger partial charge in [0, 0.05) is 24.4 Å². The molecule has 1 aliphatic heterocycles. The van der Waals surface area contributed by atoms with Crippen molar-refractivity contribution >= 4 is 11.6 Å². The van der Waals surface area contributed by atoms with Crippen LogP contribution in [0.25, 0.3) is 11.3 Å². The number of hydrogen-bond acceptors (Lipinski definition) is 7. The number of nitrogens with one attached hydrogen (secondary N) is 1. The molecule has 0 radical (unpaired) electrons. The summed E-state index contributed by atoms with van der Waals surface area (Å²) in [4.78, 5) is 28.7. The average Bonchev–Trinajstić information content (AvgIpc) is 2.81. The van der Waals surface area contributed by atoms with E-state index in [4.69, 9.17) is 9.47 Å². The second-order valence-corrected chi connectivity index (χ2v) is 7.21. The third-order valence-electron chi connectivity index (χ3n) is 4.94. The van der Waals surface area contributed by atoms with Crippen molar-refractivity contribution in [2.75, 3.05) is 19.0 Å². The van der Waals surface area contributed by atoms with Gasteiger partial charge in [-0.25, -0.2) is 37.5 Å². The van der Waals surface area contributed by atoms with Gasteiger partial charge in [0.1, 0.15) is 36.4 Å². The molecular weight excluding hydrogens is 446 g/mol. The number of nitrogens with zero attached hydrogens (tertiary/aromatic N) is 4. The molecule has 0 aliphatic carbocycles. The maximum Gasteiger partial charge on any atom is 0.316 e. The Morgan fingerprint density at radius 3 is 2.61 bits per heavy atom. The zero-order valence-corrected chi connectivity index (χ0v) is 17.2. The quantitative estimate of drug-likeness (QED) is 0.572. The minimum absolute atomic E-state index is 0.0207. The Bertz CT molecular complexity index is 1170. The summed E-state index contributed by atoms with van der Waals surface area (Å²) < 4.78 is 65.7. The van der Waals surface area contributed by atoms with Gasteiger partial charge in [0.25, 0.3) is 11.8 Å². The second-order valence-electron chi connectivity index (χ2n) is 7.21. The van der Waals surface area contributed by atoms with Crippen LogP contribution in [0.4, 0.5) is 23.2 Å². The summed E-state index contributed by atoms with van der Waals surface area (Å²) in [5.74, 6) is -5.25. The van der Waals surface area contributed by atoms with Crippen molar-refractivity contribution in [2.24, 2.45) is 0 Å². The van der Waals surface area contributed by atoms with Gasteiger partial charge in [-0.05, 0) is 24.6 Å². The number of anilines is 1. The molecule has 1 saturated heterocycles. The summed E-state index contributed by atoms with van der Waals surface area (Å²) in [5, 5.41) is 2.55. The van der Waals surface area contributed by atoms with Crippen LogP contribution in [0.1, 0.15) is 35.0 Å². The number of alkyl halides is 2. The monoisotopic (exact) mass is 463 g/mol. The molecule has 1 N–H and O–H groups in total. The van der Waals surface area contributed by atoms with E-state index in [0.29, 0.717) is 0 Å². The van der Waals surface area contributed by atoms with Crippen LogP contribution >= 0.6 is 0 Å². The Morgan fingerprint density at radius 1 is 1.18 bits per heavy atom. The van der Waals surface area contributed by atoms with Crippen molar-refractivity contribution in [3.8, 4) is 17.3 Å². The predicted molar refractivity (Wildman–Crippen MR) is 107 cm³/mol. The summed E-state index contributed by atoms with van der Waals surface area (Å²) in [6, 6.07) is 2.78. The molecule has 4 rings (SSSR count). The molecule has 1 aliphatic rings. The van der Waals surface area contributed by atoms with E-state index >= 15 is 0 Å². The molecule has 1 aromatic carbocycles. The van der Waals surface area contributed by atoms with Crippen LogP contribution in [0.2, 0.25) is 0 Å². The topological polar surface area (TPSA) is 99.1 Å². The summed E-state index contributed by atoms with van der Waals surface area (Å²) in [6.45, 7) is -0.842. The molecule has 1 amide bonds. The lowest BCUT2D eigenvalue weighted by Gasteiger charge is -2.29. The van der Waals surface area contributed by atoms with Crippen LogP contribution < -0.4 is 10.1 Å². The molecule has 172 valence electrons. The third-order valence-corrected chi connectivity index (χ3v) is 4.94. The van der Waals surface area contributed by atoms with Crippen LogP contribution in [0.3, 0.4) is 0 Å². The minimum Gasteiger partial charge on any atom is -0.467 e. The smallest absolute Gasteiger partial charge is 0.316 e. The first-order valence-electron chi connectivity index (χ1n) is 9.74. The number of methoxy groups -OCH3 is 1. The summed E-state index contributed by atoms with van der Waals surface area (Å²) in [7, 11) is 1.36. The highest BCUT2D eigenvalue weighted by molar-refractivity contribution is 6.06. The largest absolute Gasteiger partial charge is 0.467 e. The molecule has 0 saturated carbocycles. The van der Waals surface area contributed by atoms with E-state index < -0.39 is 42.6 Å². The number of ether oxygens (including phenoxy) is 2. The zero-order chi connectivity index (χ0) is 23.6. The molecule has 3 heterocycles. The second kappa shape index (κ2) is 9.06. The standard InChI is InChI=1S/C21H17F4N5O3/c1-32-20-26-7-11(8-27-20)19(31)30-18-16(13-6-12(22)2-3-14(13)23)28-10-29-17(18)15-4-5-21(24,25)9-33-15/h2-3,6-8,10,15H,4-5,9H2,1H3,(H,30,31). The van der Waals surface area contributed by atoms with Crippen molar-refractivity contribution in [3.63, 3.8) is 0 Å². The predicted octanol–water partition coefficient (Wildman–Crippen LogP) is 3.96. The molecule has 1 fully saturated rings. The molecule has 12 heteroatoms. The van der Waals surface area contributed by atoms with Gasteiger partial charge in [0.05, 0.1) is 24.1 Å². The van der Waals surface area contributed by atoms with Gasteiger partial charge in [-0.1, -0.05) is 0 Å². The first-order chi connectivity index (χ1) is 15.8. The molecule has 8 nitrogen and oxygen atoms in total. The van der Waals surface area contributed by atoms with Gasteiger partial charge >= 0.3 is 6.01 Å². The molecule has 2 aromatic heterocycles. The molecule has 33 heavy (non-hydrogen) atoms. The first-order valence-corrected chi connectivity index (χ1v) is 9.74. The van der Waals surface area contributed by atoms with Gasteiger partial charge in [0.15, 0.2) is 0 Å². The number of amides is 1. The summed E-state index contributed by atoms with van der Waals surface area (Å²) in [5.41, 5.74) is -0.408. The van der Waals surface area contributed by atoms with Crippen LogP contribution in [-0.4, -0.2) is 45.5 Å². The number of benzene rings is 1. The van der Waals surface area contributed by atoms with E-state index in [1.807, 2.05) is 0 Å². The fourth-order valence-corrected chi connectivity index (χ4v) is 3.31. The molecular formula is C21H17F4N5O3. The van der Waals surface area contributed by atoms with Crippen LogP contribution in [0.5, 0.6) is 6.01 Å². The number of carbonyl (C=O) groups excluding carboxylic acids is 1. The molecule has 0 spiro atoms. The van der Waals surface area contributed by atoms with E-state index in [1.165, 1.54) is 19.5 Å². The fourth-order valence-electron chi connectivity index (χ4n) is 3.31. The molecule has 1 atom stereocenters. The van der Waals surface area contributed by atoms with Crippen molar-refractivity contribution < 1.29 is 31.8 Å². The fraction of sp³-hybridized carbons (Fsp3) is 0.286. The lowest BCUT2D eigenvalue weighted by Crippen LogP contribution is -2.32. The van der Waals surface area contributed by atoms with E-state index in [-0.39, 0.29) is 40.6 Å². The Labute approximate surface area is 185 Å². The van der Waals surface area contributed by atoms with Gasteiger partial charge < -0.3 is 14.8 Å². The summed E-state index contributed by atoms with van der Waals surface area (Å²) in [6.07, 6.45) is 1.96. The number of halogens is 4. The minimum atomic E-state index is -3.00. The van der Waals surface area contributed by atoms with Gasteiger partial charge in [-0.3, -0.25) is 4.79 Å². The highest BCUT2D eigenvalue weighted by Crippen LogP contribution is 2.40. The van der Waals surface area contributed by atoms with E-state index in [1.54, 1.807) is 0 Å². The first kappa shape index (κ1) is 22.5. The van der Waals surface area contributed by atoms with Gasteiger partial charge in [-0.2, -0.15) is 0 Å². The summed E-state index contributed by atoms with van der Waals surface area (Å²) >= 11 is 0. The molecule has 1 unspecified atom stereocenters.